The molecular formula is C21H20N2O3S. The van der Waals surface area contributed by atoms with Crippen molar-refractivity contribution in [2.24, 2.45) is 0 Å². The van der Waals surface area contributed by atoms with E-state index in [0.29, 0.717) is 22.7 Å². The zero-order valence-corrected chi connectivity index (χ0v) is 16.0. The first-order valence-electron chi connectivity index (χ1n) is 8.40. The lowest BCUT2D eigenvalue weighted by atomic mass is 10.1. The fourth-order valence-corrected chi connectivity index (χ4v) is 3.21. The highest BCUT2D eigenvalue weighted by atomic mass is 32.1. The van der Waals surface area contributed by atoms with Gasteiger partial charge in [-0.2, -0.15) is 0 Å². The van der Waals surface area contributed by atoms with Gasteiger partial charge in [-0.05, 0) is 53.4 Å². The standard InChI is InChI=1S/C21H20N2O3S/c1-23(14-15-5-11-18(26-2)12-6-15)21(25)16-7-9-17(10-8-16)22-20(24)19-4-3-13-27-19/h3-13H,14H2,1-2H3,(H,22,24). The van der Waals surface area contributed by atoms with Crippen LogP contribution in [0.2, 0.25) is 0 Å². The topological polar surface area (TPSA) is 58.6 Å². The second kappa shape index (κ2) is 8.51. The molecule has 0 aliphatic heterocycles. The molecule has 0 unspecified atom stereocenters. The number of hydrogen-bond donors (Lipinski definition) is 1. The van der Waals surface area contributed by atoms with Crippen LogP contribution >= 0.6 is 11.3 Å². The minimum Gasteiger partial charge on any atom is -0.497 e. The van der Waals surface area contributed by atoms with Gasteiger partial charge in [-0.15, -0.1) is 11.3 Å². The molecule has 0 aliphatic rings. The van der Waals surface area contributed by atoms with Gasteiger partial charge in [0.05, 0.1) is 12.0 Å². The molecule has 27 heavy (non-hydrogen) atoms. The predicted octanol–water partition coefficient (Wildman–Crippen LogP) is 4.28. The minimum absolute atomic E-state index is 0.0815. The number of amides is 2. The molecule has 0 fully saturated rings. The summed E-state index contributed by atoms with van der Waals surface area (Å²) in [6.45, 7) is 0.500. The Bertz CT molecular complexity index is 904. The van der Waals surface area contributed by atoms with Gasteiger partial charge in [0.15, 0.2) is 0 Å². The summed E-state index contributed by atoms with van der Waals surface area (Å²) in [5, 5.41) is 4.68. The number of hydrogen-bond acceptors (Lipinski definition) is 4. The molecule has 1 heterocycles. The van der Waals surface area contributed by atoms with Crippen LogP contribution in [0.5, 0.6) is 5.75 Å². The molecule has 0 saturated heterocycles. The average Bonchev–Trinajstić information content (AvgIpc) is 3.23. The van der Waals surface area contributed by atoms with Crippen molar-refractivity contribution >= 4 is 28.8 Å². The van der Waals surface area contributed by atoms with Crippen LogP contribution in [0.15, 0.2) is 66.0 Å². The molecule has 1 N–H and O–H groups in total. The van der Waals surface area contributed by atoms with Crippen LogP contribution in [0.25, 0.3) is 0 Å². The second-order valence-electron chi connectivity index (χ2n) is 6.02. The zero-order chi connectivity index (χ0) is 19.2. The van der Waals surface area contributed by atoms with Gasteiger partial charge in [0.2, 0.25) is 0 Å². The predicted molar refractivity (Wildman–Crippen MR) is 108 cm³/mol. The Kier molecular flexibility index (Phi) is 5.88. The van der Waals surface area contributed by atoms with Crippen molar-refractivity contribution in [3.05, 3.63) is 82.0 Å². The maximum atomic E-state index is 12.6. The van der Waals surface area contributed by atoms with E-state index >= 15 is 0 Å². The van der Waals surface area contributed by atoms with Crippen molar-refractivity contribution < 1.29 is 14.3 Å². The monoisotopic (exact) mass is 380 g/mol. The maximum absolute atomic E-state index is 12.6. The van der Waals surface area contributed by atoms with E-state index in [1.807, 2.05) is 35.7 Å². The van der Waals surface area contributed by atoms with E-state index in [-0.39, 0.29) is 11.8 Å². The van der Waals surface area contributed by atoms with Crippen LogP contribution in [-0.2, 0) is 6.54 Å². The Hall–Kier alpha value is -3.12. The number of nitrogens with one attached hydrogen (secondary N) is 1. The van der Waals surface area contributed by atoms with E-state index in [1.165, 1.54) is 11.3 Å². The minimum atomic E-state index is -0.152. The Balaban J connectivity index is 1.61. The molecule has 1 aromatic heterocycles. The summed E-state index contributed by atoms with van der Waals surface area (Å²) in [6.07, 6.45) is 0. The number of carbonyl (C=O) groups excluding carboxylic acids is 2. The molecule has 5 nitrogen and oxygen atoms in total. The molecule has 138 valence electrons. The molecule has 3 aromatic rings. The maximum Gasteiger partial charge on any atom is 0.265 e. The highest BCUT2D eigenvalue weighted by Gasteiger charge is 2.13. The lowest BCUT2D eigenvalue weighted by molar-refractivity contribution is 0.0785. The largest absolute Gasteiger partial charge is 0.497 e. The fraction of sp³-hybridized carbons (Fsp3) is 0.143. The van der Waals surface area contributed by atoms with E-state index in [9.17, 15) is 9.59 Å². The molecule has 3 rings (SSSR count). The molecule has 0 atom stereocenters. The summed E-state index contributed by atoms with van der Waals surface area (Å²) >= 11 is 1.38. The molecule has 2 aromatic carbocycles. The third kappa shape index (κ3) is 4.74. The Labute approximate surface area is 162 Å². The summed E-state index contributed by atoms with van der Waals surface area (Å²) in [5.74, 6) is 0.551. The van der Waals surface area contributed by atoms with Gasteiger partial charge in [-0.3, -0.25) is 9.59 Å². The normalized spacial score (nSPS) is 10.3. The van der Waals surface area contributed by atoms with Gasteiger partial charge < -0.3 is 15.0 Å². The number of benzene rings is 2. The number of methoxy groups -OCH3 is 1. The van der Waals surface area contributed by atoms with Crippen molar-refractivity contribution in [3.63, 3.8) is 0 Å². The van der Waals surface area contributed by atoms with Gasteiger partial charge in [0, 0.05) is 24.8 Å². The van der Waals surface area contributed by atoms with Crippen molar-refractivity contribution in [3.8, 4) is 5.75 Å². The lowest BCUT2D eigenvalue weighted by Crippen LogP contribution is -2.26. The van der Waals surface area contributed by atoms with Gasteiger partial charge in [0.25, 0.3) is 11.8 Å². The number of nitrogens with zero attached hydrogens (tertiary/aromatic N) is 1. The van der Waals surface area contributed by atoms with Crippen LogP contribution in [-0.4, -0.2) is 30.9 Å². The molecule has 0 aliphatic carbocycles. The van der Waals surface area contributed by atoms with Crippen molar-refractivity contribution in [1.82, 2.24) is 4.90 Å². The third-order valence-electron chi connectivity index (χ3n) is 4.06. The summed E-state index contributed by atoms with van der Waals surface area (Å²) in [6, 6.07) is 18.1. The molecule has 0 bridgehead atoms. The first-order valence-corrected chi connectivity index (χ1v) is 9.28. The first-order chi connectivity index (χ1) is 13.1. The molecular weight excluding hydrogens is 360 g/mol. The first kappa shape index (κ1) is 18.7. The van der Waals surface area contributed by atoms with E-state index in [1.54, 1.807) is 49.4 Å². The molecule has 2 amide bonds. The number of ether oxygens (including phenoxy) is 1. The van der Waals surface area contributed by atoms with Crippen molar-refractivity contribution in [1.29, 1.82) is 0 Å². The summed E-state index contributed by atoms with van der Waals surface area (Å²) < 4.78 is 5.14. The summed E-state index contributed by atoms with van der Waals surface area (Å²) in [5.41, 5.74) is 2.24. The highest BCUT2D eigenvalue weighted by Crippen LogP contribution is 2.17. The molecule has 6 heteroatoms. The van der Waals surface area contributed by atoms with E-state index < -0.39 is 0 Å². The second-order valence-corrected chi connectivity index (χ2v) is 6.97. The van der Waals surface area contributed by atoms with Gasteiger partial charge in [0.1, 0.15) is 5.75 Å². The Morgan fingerprint density at radius 3 is 2.33 bits per heavy atom. The molecule has 0 radical (unpaired) electrons. The third-order valence-corrected chi connectivity index (χ3v) is 4.93. The zero-order valence-electron chi connectivity index (χ0n) is 15.1. The van der Waals surface area contributed by atoms with Gasteiger partial charge in [-0.25, -0.2) is 0 Å². The quantitative estimate of drug-likeness (QED) is 0.694. The average molecular weight is 380 g/mol. The van der Waals surface area contributed by atoms with Crippen LogP contribution in [0.4, 0.5) is 5.69 Å². The molecule has 0 spiro atoms. The number of anilines is 1. The number of rotatable bonds is 6. The van der Waals surface area contributed by atoms with Crippen molar-refractivity contribution in [2.45, 2.75) is 6.54 Å². The van der Waals surface area contributed by atoms with E-state index in [4.69, 9.17) is 4.74 Å². The smallest absolute Gasteiger partial charge is 0.265 e. The van der Waals surface area contributed by atoms with Crippen LogP contribution < -0.4 is 10.1 Å². The Morgan fingerprint density at radius 1 is 1.04 bits per heavy atom. The Morgan fingerprint density at radius 2 is 1.74 bits per heavy atom. The van der Waals surface area contributed by atoms with E-state index in [2.05, 4.69) is 5.32 Å². The van der Waals surface area contributed by atoms with Crippen LogP contribution in [0.1, 0.15) is 25.6 Å². The van der Waals surface area contributed by atoms with Crippen molar-refractivity contribution in [2.75, 3.05) is 19.5 Å². The van der Waals surface area contributed by atoms with E-state index in [0.717, 1.165) is 11.3 Å². The SMILES string of the molecule is COc1ccc(CN(C)C(=O)c2ccc(NC(=O)c3cccs3)cc2)cc1. The number of carbonyl (C=O) groups is 2. The molecule has 0 saturated carbocycles. The van der Waals surface area contributed by atoms with Gasteiger partial charge >= 0.3 is 0 Å². The summed E-state index contributed by atoms with van der Waals surface area (Å²) in [4.78, 5) is 27.0. The highest BCUT2D eigenvalue weighted by molar-refractivity contribution is 7.12. The summed E-state index contributed by atoms with van der Waals surface area (Å²) in [7, 11) is 3.39. The van der Waals surface area contributed by atoms with Gasteiger partial charge in [-0.1, -0.05) is 18.2 Å². The van der Waals surface area contributed by atoms with Crippen LogP contribution in [0, 0.1) is 0 Å². The lowest BCUT2D eigenvalue weighted by Gasteiger charge is -2.18. The fourth-order valence-electron chi connectivity index (χ4n) is 2.59. The van der Waals surface area contributed by atoms with Crippen LogP contribution in [0.3, 0.4) is 0 Å². The number of thiophene rings is 1.